The van der Waals surface area contributed by atoms with Crippen LogP contribution in [0.15, 0.2) is 23.8 Å². The SMILES string of the molecule is N#CCN(CC#N)c1ncnc(NCCc2cccs2)c1N. The number of nitrogens with two attached hydrogens (primary N) is 1. The molecule has 3 N–H and O–H groups in total. The fourth-order valence-corrected chi connectivity index (χ4v) is 2.62. The number of aromatic nitrogens is 2. The maximum Gasteiger partial charge on any atom is 0.159 e. The van der Waals surface area contributed by atoms with Gasteiger partial charge in [-0.05, 0) is 17.9 Å². The van der Waals surface area contributed by atoms with Crippen molar-refractivity contribution in [1.29, 1.82) is 10.5 Å². The number of nitrogens with zero attached hydrogens (tertiary/aromatic N) is 5. The third-order valence-electron chi connectivity index (χ3n) is 2.93. The third-order valence-corrected chi connectivity index (χ3v) is 3.87. The molecular weight excluding hydrogens is 298 g/mol. The van der Waals surface area contributed by atoms with Gasteiger partial charge in [0.2, 0.25) is 0 Å². The van der Waals surface area contributed by atoms with Crippen molar-refractivity contribution in [2.75, 3.05) is 35.6 Å². The summed E-state index contributed by atoms with van der Waals surface area (Å²) in [6, 6.07) is 8.08. The molecule has 0 aliphatic carbocycles. The summed E-state index contributed by atoms with van der Waals surface area (Å²) in [6.07, 6.45) is 2.25. The van der Waals surface area contributed by atoms with Gasteiger partial charge in [0, 0.05) is 11.4 Å². The quantitative estimate of drug-likeness (QED) is 0.746. The Bertz CT molecular complexity index is 668. The van der Waals surface area contributed by atoms with E-state index in [-0.39, 0.29) is 13.1 Å². The van der Waals surface area contributed by atoms with Gasteiger partial charge in [0.15, 0.2) is 11.6 Å². The van der Waals surface area contributed by atoms with Gasteiger partial charge in [-0.25, -0.2) is 9.97 Å². The Hall–Kier alpha value is -2.84. The maximum atomic E-state index is 8.83. The van der Waals surface area contributed by atoms with Crippen molar-refractivity contribution in [3.8, 4) is 12.1 Å². The first-order valence-electron chi connectivity index (χ1n) is 6.61. The number of thiophene rings is 1. The molecule has 2 aromatic heterocycles. The van der Waals surface area contributed by atoms with E-state index in [1.54, 1.807) is 11.3 Å². The summed E-state index contributed by atoms with van der Waals surface area (Å²) < 4.78 is 0. The van der Waals surface area contributed by atoms with Crippen molar-refractivity contribution in [1.82, 2.24) is 9.97 Å². The molecule has 0 spiro atoms. The lowest BCUT2D eigenvalue weighted by Crippen LogP contribution is -2.26. The van der Waals surface area contributed by atoms with Crippen molar-refractivity contribution in [3.05, 3.63) is 28.7 Å². The number of nitriles is 2. The lowest BCUT2D eigenvalue weighted by Gasteiger charge is -2.19. The Labute approximate surface area is 132 Å². The highest BCUT2D eigenvalue weighted by atomic mass is 32.1. The summed E-state index contributed by atoms with van der Waals surface area (Å²) in [5.41, 5.74) is 6.41. The lowest BCUT2D eigenvalue weighted by atomic mass is 10.3. The number of hydrogen-bond acceptors (Lipinski definition) is 8. The van der Waals surface area contributed by atoms with Crippen LogP contribution in [0, 0.1) is 22.7 Å². The molecule has 8 heteroatoms. The van der Waals surface area contributed by atoms with Gasteiger partial charge < -0.3 is 16.0 Å². The van der Waals surface area contributed by atoms with Crippen LogP contribution in [-0.4, -0.2) is 29.6 Å². The lowest BCUT2D eigenvalue weighted by molar-refractivity contribution is 0.926. The minimum atomic E-state index is 0.0450. The predicted octanol–water partition coefficient (Wildman–Crippen LogP) is 1.63. The molecule has 0 aliphatic heterocycles. The average molecular weight is 313 g/mol. The second-order valence-electron chi connectivity index (χ2n) is 4.39. The fraction of sp³-hybridized carbons (Fsp3) is 0.286. The van der Waals surface area contributed by atoms with Crippen LogP contribution in [0.4, 0.5) is 17.3 Å². The summed E-state index contributed by atoms with van der Waals surface area (Å²) in [4.78, 5) is 11.0. The average Bonchev–Trinajstić information content (AvgIpc) is 3.02. The van der Waals surface area contributed by atoms with Gasteiger partial charge in [0.25, 0.3) is 0 Å². The standard InChI is InChI=1S/C14H15N7S/c15-4-7-21(8-5-16)14-12(17)13(19-10-20-14)18-6-3-11-2-1-9-22-11/h1-2,9-10H,3,6-8,17H2,(H,18,19,20). The van der Waals surface area contributed by atoms with Crippen molar-refractivity contribution in [2.24, 2.45) is 0 Å². The van der Waals surface area contributed by atoms with Crippen LogP contribution < -0.4 is 16.0 Å². The van der Waals surface area contributed by atoms with Crippen LogP contribution in [0.2, 0.25) is 0 Å². The smallest absolute Gasteiger partial charge is 0.159 e. The molecule has 2 aromatic rings. The van der Waals surface area contributed by atoms with E-state index >= 15 is 0 Å². The van der Waals surface area contributed by atoms with Crippen molar-refractivity contribution in [3.63, 3.8) is 0 Å². The molecular formula is C14H15N7S. The van der Waals surface area contributed by atoms with E-state index in [1.807, 2.05) is 23.6 Å². The van der Waals surface area contributed by atoms with Crippen LogP contribution in [0.25, 0.3) is 0 Å². The zero-order valence-electron chi connectivity index (χ0n) is 11.9. The van der Waals surface area contributed by atoms with Crippen molar-refractivity contribution < 1.29 is 0 Å². The van der Waals surface area contributed by atoms with Crippen LogP contribution >= 0.6 is 11.3 Å². The molecule has 0 bridgehead atoms. The number of hydrogen-bond donors (Lipinski definition) is 2. The summed E-state index contributed by atoms with van der Waals surface area (Å²) in [5.74, 6) is 0.916. The second-order valence-corrected chi connectivity index (χ2v) is 5.42. The van der Waals surface area contributed by atoms with Gasteiger partial charge in [0.1, 0.15) is 25.1 Å². The van der Waals surface area contributed by atoms with E-state index in [0.717, 1.165) is 6.42 Å². The summed E-state index contributed by atoms with van der Waals surface area (Å²) in [7, 11) is 0. The molecule has 7 nitrogen and oxygen atoms in total. The number of anilines is 3. The highest BCUT2D eigenvalue weighted by Crippen LogP contribution is 2.25. The highest BCUT2D eigenvalue weighted by Gasteiger charge is 2.14. The van der Waals surface area contributed by atoms with Crippen LogP contribution in [0.3, 0.4) is 0 Å². The molecule has 0 aromatic carbocycles. The molecule has 0 aliphatic rings. The van der Waals surface area contributed by atoms with Gasteiger partial charge >= 0.3 is 0 Å². The van der Waals surface area contributed by atoms with E-state index in [0.29, 0.717) is 23.9 Å². The molecule has 0 amide bonds. The Morgan fingerprint density at radius 2 is 2.05 bits per heavy atom. The number of nitrogens with one attached hydrogen (secondary N) is 1. The van der Waals surface area contributed by atoms with Gasteiger partial charge in [-0.1, -0.05) is 6.07 Å². The second kappa shape index (κ2) is 7.81. The minimum Gasteiger partial charge on any atom is -0.393 e. The predicted molar refractivity (Wildman–Crippen MR) is 86.4 cm³/mol. The fourth-order valence-electron chi connectivity index (χ4n) is 1.91. The zero-order chi connectivity index (χ0) is 15.8. The van der Waals surface area contributed by atoms with E-state index in [2.05, 4.69) is 21.4 Å². The molecule has 2 heterocycles. The number of nitrogen functional groups attached to an aromatic ring is 1. The van der Waals surface area contributed by atoms with Gasteiger partial charge in [-0.3, -0.25) is 0 Å². The van der Waals surface area contributed by atoms with Crippen LogP contribution in [0.5, 0.6) is 0 Å². The molecule has 112 valence electrons. The van der Waals surface area contributed by atoms with Crippen LogP contribution in [0.1, 0.15) is 4.88 Å². The zero-order valence-corrected chi connectivity index (χ0v) is 12.7. The van der Waals surface area contributed by atoms with Crippen molar-refractivity contribution in [2.45, 2.75) is 6.42 Å². The monoisotopic (exact) mass is 313 g/mol. The normalized spacial score (nSPS) is 9.73. The molecule has 0 unspecified atom stereocenters. The first-order valence-corrected chi connectivity index (χ1v) is 7.49. The molecule has 22 heavy (non-hydrogen) atoms. The highest BCUT2D eigenvalue weighted by molar-refractivity contribution is 7.09. The van der Waals surface area contributed by atoms with E-state index in [4.69, 9.17) is 16.3 Å². The Morgan fingerprint density at radius 1 is 1.27 bits per heavy atom. The van der Waals surface area contributed by atoms with E-state index < -0.39 is 0 Å². The van der Waals surface area contributed by atoms with Crippen LogP contribution in [-0.2, 0) is 6.42 Å². The first-order chi connectivity index (χ1) is 10.8. The molecule has 0 radical (unpaired) electrons. The Morgan fingerprint density at radius 3 is 2.68 bits per heavy atom. The summed E-state index contributed by atoms with van der Waals surface area (Å²) in [5, 5.41) is 22.9. The van der Waals surface area contributed by atoms with Crippen molar-refractivity contribution >= 4 is 28.7 Å². The summed E-state index contributed by atoms with van der Waals surface area (Å²) in [6.45, 7) is 0.782. The largest absolute Gasteiger partial charge is 0.393 e. The molecule has 0 atom stereocenters. The van der Waals surface area contributed by atoms with E-state index in [9.17, 15) is 0 Å². The third kappa shape index (κ3) is 3.84. The Balaban J connectivity index is 2.08. The first kappa shape index (κ1) is 15.5. The van der Waals surface area contributed by atoms with Gasteiger partial charge in [0.05, 0.1) is 12.1 Å². The van der Waals surface area contributed by atoms with Gasteiger partial charge in [-0.2, -0.15) is 10.5 Å². The Kier molecular flexibility index (Phi) is 5.52. The minimum absolute atomic E-state index is 0.0450. The molecule has 2 rings (SSSR count). The van der Waals surface area contributed by atoms with E-state index in [1.165, 1.54) is 16.1 Å². The molecule has 0 saturated heterocycles. The summed E-state index contributed by atoms with van der Waals surface area (Å²) >= 11 is 1.70. The molecule has 0 saturated carbocycles. The maximum absolute atomic E-state index is 8.83. The molecule has 0 fully saturated rings. The number of rotatable bonds is 7. The van der Waals surface area contributed by atoms with Gasteiger partial charge in [-0.15, -0.1) is 11.3 Å². The topological polar surface area (TPSA) is 115 Å².